The van der Waals surface area contributed by atoms with Gasteiger partial charge in [-0.25, -0.2) is 24.1 Å². The standard InChI is InChI=1S/C30H27FN5O4P.C2H6/c1-17-5-6-19(32-14-17)16-40-28-4-2-3-23(34-28)21-13-22(31)18(11-26(21)41)12-27-33-24-7-8-25(30(37)38)35-29(24)36(27)15-20-9-10-39-20;1-2/h2-8,11,13-14,20H,9-10,12,15-16,41H2,1H3,(H,37,38);1-2H3. The first-order valence-electron chi connectivity index (χ1n) is 14.1. The number of imidazole rings is 1. The first kappa shape index (κ1) is 30.2. The zero-order chi connectivity index (χ0) is 30.5. The summed E-state index contributed by atoms with van der Waals surface area (Å²) in [6.45, 7) is 7.38. The van der Waals surface area contributed by atoms with E-state index in [0.717, 1.165) is 23.0 Å². The summed E-state index contributed by atoms with van der Waals surface area (Å²) in [5.41, 5.74) is 4.43. The predicted octanol–water partition coefficient (Wildman–Crippen LogP) is 5.52. The summed E-state index contributed by atoms with van der Waals surface area (Å²) in [5.74, 6) is -0.523. The van der Waals surface area contributed by atoms with Crippen LogP contribution in [0.2, 0.25) is 0 Å². The molecule has 5 heterocycles. The van der Waals surface area contributed by atoms with Crippen LogP contribution in [-0.2, 0) is 24.3 Å². The lowest BCUT2D eigenvalue weighted by molar-refractivity contribution is -0.0590. The molecule has 43 heavy (non-hydrogen) atoms. The third kappa shape index (κ3) is 6.87. The first-order valence-corrected chi connectivity index (χ1v) is 14.7. The Balaban J connectivity index is 0.00000180. The molecule has 1 N–H and O–H groups in total. The molecule has 0 spiro atoms. The number of pyridine rings is 3. The van der Waals surface area contributed by atoms with Gasteiger partial charge in [-0.1, -0.05) is 26.0 Å². The van der Waals surface area contributed by atoms with Gasteiger partial charge in [-0.3, -0.25) is 4.98 Å². The number of fused-ring (bicyclic) bond motifs is 1. The number of ether oxygens (including phenoxy) is 2. The van der Waals surface area contributed by atoms with Crippen LogP contribution in [0.3, 0.4) is 0 Å². The molecule has 1 aromatic carbocycles. The van der Waals surface area contributed by atoms with Crippen LogP contribution in [0.15, 0.2) is 60.8 Å². The molecule has 1 saturated heterocycles. The summed E-state index contributed by atoms with van der Waals surface area (Å²) in [6.07, 6.45) is 2.84. The fourth-order valence-electron chi connectivity index (χ4n) is 4.67. The Morgan fingerprint density at radius 1 is 1.14 bits per heavy atom. The lowest BCUT2D eigenvalue weighted by Crippen LogP contribution is -2.32. The van der Waals surface area contributed by atoms with E-state index in [9.17, 15) is 9.90 Å². The third-order valence-corrected chi connectivity index (χ3v) is 7.45. The molecule has 6 rings (SSSR count). The van der Waals surface area contributed by atoms with Crippen LogP contribution in [0.5, 0.6) is 5.88 Å². The van der Waals surface area contributed by atoms with E-state index in [0.29, 0.717) is 52.8 Å². The number of carboxylic acids is 1. The number of aromatic carboxylic acids is 1. The SMILES string of the molecule is CC.Cc1ccc(COc2cccc(-c3cc(F)c(Cc4nc5ccc(C(=O)O)nc5n4CC4CCO4)cc3P)n2)nc1. The molecular formula is C32H33FN5O4P. The molecule has 0 radical (unpaired) electrons. The number of nitrogens with zero attached hydrogens (tertiary/aromatic N) is 5. The number of aromatic nitrogens is 5. The van der Waals surface area contributed by atoms with Crippen molar-refractivity contribution >= 4 is 31.7 Å². The molecular weight excluding hydrogens is 568 g/mol. The maximum atomic E-state index is 15.6. The maximum absolute atomic E-state index is 15.6. The van der Waals surface area contributed by atoms with Gasteiger partial charge in [0.05, 0.1) is 24.0 Å². The topological polar surface area (TPSA) is 112 Å². The van der Waals surface area contributed by atoms with Gasteiger partial charge in [0.2, 0.25) is 5.88 Å². The molecule has 1 aliphatic heterocycles. The zero-order valence-corrected chi connectivity index (χ0v) is 25.4. The lowest BCUT2D eigenvalue weighted by atomic mass is 10.0. The van der Waals surface area contributed by atoms with Crippen LogP contribution < -0.4 is 10.0 Å². The highest BCUT2D eigenvalue weighted by atomic mass is 31.0. The van der Waals surface area contributed by atoms with Crippen LogP contribution >= 0.6 is 9.24 Å². The van der Waals surface area contributed by atoms with Crippen molar-refractivity contribution in [3.05, 3.63) is 95.0 Å². The first-order chi connectivity index (χ1) is 20.8. The van der Waals surface area contributed by atoms with E-state index in [1.807, 2.05) is 49.6 Å². The monoisotopic (exact) mass is 601 g/mol. The van der Waals surface area contributed by atoms with Crippen molar-refractivity contribution < 1.29 is 23.8 Å². The van der Waals surface area contributed by atoms with Crippen molar-refractivity contribution in [3.63, 3.8) is 0 Å². The van der Waals surface area contributed by atoms with Gasteiger partial charge in [0.1, 0.15) is 23.8 Å². The quantitative estimate of drug-likeness (QED) is 0.220. The van der Waals surface area contributed by atoms with Gasteiger partial charge in [0.15, 0.2) is 11.3 Å². The summed E-state index contributed by atoms with van der Waals surface area (Å²) < 4.78 is 28.9. The number of aryl methyl sites for hydroxylation is 1. The van der Waals surface area contributed by atoms with Crippen molar-refractivity contribution in [2.45, 2.75) is 52.9 Å². The summed E-state index contributed by atoms with van der Waals surface area (Å²) >= 11 is 0. The molecule has 1 fully saturated rings. The Morgan fingerprint density at radius 3 is 2.65 bits per heavy atom. The predicted molar refractivity (Wildman–Crippen MR) is 165 cm³/mol. The summed E-state index contributed by atoms with van der Waals surface area (Å²) in [6, 6.07) is 15.5. The van der Waals surface area contributed by atoms with Crippen LogP contribution in [0.4, 0.5) is 4.39 Å². The summed E-state index contributed by atoms with van der Waals surface area (Å²) in [7, 11) is 2.66. The van der Waals surface area contributed by atoms with Crippen molar-refractivity contribution in [1.29, 1.82) is 0 Å². The molecule has 1 aliphatic rings. The van der Waals surface area contributed by atoms with Gasteiger partial charge in [-0.15, -0.1) is 9.24 Å². The van der Waals surface area contributed by atoms with Crippen molar-refractivity contribution in [2.24, 2.45) is 0 Å². The van der Waals surface area contributed by atoms with E-state index in [4.69, 9.17) is 9.47 Å². The number of benzene rings is 1. The molecule has 0 aliphatic carbocycles. The van der Waals surface area contributed by atoms with Gasteiger partial charge < -0.3 is 19.1 Å². The second-order valence-electron chi connectivity index (χ2n) is 9.95. The van der Waals surface area contributed by atoms with Gasteiger partial charge in [0, 0.05) is 30.9 Å². The highest BCUT2D eigenvalue weighted by molar-refractivity contribution is 7.28. The minimum Gasteiger partial charge on any atom is -0.477 e. The minimum absolute atomic E-state index is 0.0201. The van der Waals surface area contributed by atoms with Gasteiger partial charge in [0.25, 0.3) is 0 Å². The number of carbonyl (C=O) groups is 1. The van der Waals surface area contributed by atoms with E-state index in [2.05, 4.69) is 29.2 Å². The Bertz CT molecular complexity index is 1760. The molecule has 5 aromatic rings. The molecule has 9 nitrogen and oxygen atoms in total. The molecule has 11 heteroatoms. The van der Waals surface area contributed by atoms with Gasteiger partial charge in [-0.2, -0.15) is 0 Å². The largest absolute Gasteiger partial charge is 0.477 e. The second kappa shape index (κ2) is 13.4. The molecule has 0 saturated carbocycles. The number of halogens is 1. The number of rotatable bonds is 9. The molecule has 4 aromatic heterocycles. The summed E-state index contributed by atoms with van der Waals surface area (Å²) in [4.78, 5) is 29.5. The van der Waals surface area contributed by atoms with Crippen molar-refractivity contribution in [2.75, 3.05) is 6.61 Å². The van der Waals surface area contributed by atoms with E-state index in [1.54, 1.807) is 24.4 Å². The van der Waals surface area contributed by atoms with Crippen LogP contribution in [-0.4, -0.2) is 48.3 Å². The van der Waals surface area contributed by atoms with E-state index < -0.39 is 11.8 Å². The third-order valence-electron chi connectivity index (χ3n) is 6.98. The molecule has 0 bridgehead atoms. The van der Waals surface area contributed by atoms with Crippen molar-refractivity contribution in [1.82, 2.24) is 24.5 Å². The highest BCUT2D eigenvalue weighted by Gasteiger charge is 2.24. The second-order valence-corrected chi connectivity index (χ2v) is 10.6. The Kier molecular flexibility index (Phi) is 9.38. The van der Waals surface area contributed by atoms with Crippen LogP contribution in [0, 0.1) is 12.7 Å². The smallest absolute Gasteiger partial charge is 0.354 e. The van der Waals surface area contributed by atoms with E-state index in [1.165, 1.54) is 12.1 Å². The fourth-order valence-corrected chi connectivity index (χ4v) is 5.10. The van der Waals surface area contributed by atoms with E-state index in [-0.39, 0.29) is 24.8 Å². The van der Waals surface area contributed by atoms with Gasteiger partial charge in [-0.05, 0) is 66.2 Å². The van der Waals surface area contributed by atoms with Crippen LogP contribution in [0.25, 0.3) is 22.4 Å². The van der Waals surface area contributed by atoms with Crippen molar-refractivity contribution in [3.8, 4) is 17.1 Å². The van der Waals surface area contributed by atoms with Crippen LogP contribution in [0.1, 0.15) is 53.4 Å². The molecule has 2 atom stereocenters. The molecule has 0 amide bonds. The van der Waals surface area contributed by atoms with E-state index >= 15 is 4.39 Å². The van der Waals surface area contributed by atoms with Gasteiger partial charge >= 0.3 is 5.97 Å². The Labute approximate surface area is 251 Å². The maximum Gasteiger partial charge on any atom is 0.354 e. The zero-order valence-electron chi connectivity index (χ0n) is 24.2. The average Bonchev–Trinajstić information content (AvgIpc) is 3.33. The molecule has 2 unspecified atom stereocenters. The summed E-state index contributed by atoms with van der Waals surface area (Å²) in [5, 5.41) is 10.2. The molecule has 222 valence electrons. The number of hydrogen-bond acceptors (Lipinski definition) is 7. The normalized spacial score (nSPS) is 14.1. The Morgan fingerprint density at radius 2 is 1.95 bits per heavy atom. The Hall–Kier alpha value is -4.27. The average molecular weight is 602 g/mol. The lowest BCUT2D eigenvalue weighted by Gasteiger charge is -2.27. The minimum atomic E-state index is -1.12. The highest BCUT2D eigenvalue weighted by Crippen LogP contribution is 2.26. The number of hydrogen-bond donors (Lipinski definition) is 1. The number of carboxylic acid groups (broad SMARTS) is 1. The fraction of sp³-hybridized carbons (Fsp3) is 0.281.